The average Bonchev–Trinajstić information content (AvgIpc) is 1.66. The highest BCUT2D eigenvalue weighted by molar-refractivity contribution is 7.98. The number of aromatic nitrogens is 2. The molecule has 4 saturated heterocycles. The van der Waals surface area contributed by atoms with E-state index < -0.39 is 173 Å². The molecule has 2 aromatic rings. The third-order valence-electron chi connectivity index (χ3n) is 20.4. The van der Waals surface area contributed by atoms with E-state index in [4.69, 9.17) is 34.4 Å². The molecule has 0 aliphatic carbocycles. The molecule has 1 unspecified atom stereocenters. The summed E-state index contributed by atoms with van der Waals surface area (Å²) in [6.07, 6.45) is 6.78. The number of thiol groups is 1. The van der Waals surface area contributed by atoms with Crippen molar-refractivity contribution in [1.82, 2.24) is 83.2 Å². The summed E-state index contributed by atoms with van der Waals surface area (Å²) in [5, 5.41) is 39.6. The summed E-state index contributed by atoms with van der Waals surface area (Å²) in [7, 11) is 0. The van der Waals surface area contributed by atoms with Gasteiger partial charge in [0.2, 0.25) is 82.7 Å². The zero-order chi connectivity index (χ0) is 86.9. The first-order valence-corrected chi connectivity index (χ1v) is 41.9. The molecule has 14 atom stereocenters. The van der Waals surface area contributed by atoms with Crippen LogP contribution in [0.2, 0.25) is 0 Å². The second kappa shape index (κ2) is 48.0. The van der Waals surface area contributed by atoms with Gasteiger partial charge in [0, 0.05) is 76.2 Å². The van der Waals surface area contributed by atoms with Gasteiger partial charge in [-0.15, -0.1) is 0 Å². The second-order valence-electron chi connectivity index (χ2n) is 30.4. The number of thioether (sulfide) groups is 1. The molecule has 6 rings (SSSR count). The Labute approximate surface area is 695 Å². The van der Waals surface area contributed by atoms with Crippen LogP contribution in [0.25, 0.3) is 0 Å². The summed E-state index contributed by atoms with van der Waals surface area (Å²) in [6.45, 7) is 8.76. The molecule has 25 N–H and O–H groups in total. The van der Waals surface area contributed by atoms with Gasteiger partial charge in [-0.2, -0.15) is 24.4 Å². The van der Waals surface area contributed by atoms with Crippen molar-refractivity contribution in [2.75, 3.05) is 57.0 Å². The topological polar surface area (TPSA) is 640 Å². The Morgan fingerprint density at radius 2 is 0.975 bits per heavy atom. The van der Waals surface area contributed by atoms with Gasteiger partial charge in [0.05, 0.1) is 6.33 Å². The fourth-order valence-electron chi connectivity index (χ4n) is 14.2. The molecule has 4 aliphatic heterocycles. The van der Waals surface area contributed by atoms with Crippen LogP contribution in [0.15, 0.2) is 57.8 Å². The van der Waals surface area contributed by atoms with Gasteiger partial charge in [-0.25, -0.2) is 9.78 Å². The first-order valence-electron chi connectivity index (χ1n) is 39.9. The molecule has 1 aromatic heterocycles. The van der Waals surface area contributed by atoms with E-state index in [1.54, 1.807) is 64.3 Å². The van der Waals surface area contributed by atoms with E-state index in [1.165, 1.54) is 45.9 Å². The number of H-pyrrole nitrogens is 1. The Bertz CT molecular complexity index is 3880. The molecule has 0 spiro atoms. The predicted octanol–water partition coefficient (Wildman–Crippen LogP) is -5.06. The zero-order valence-electron chi connectivity index (χ0n) is 67.7. The molecule has 41 nitrogen and oxygen atoms in total. The lowest BCUT2D eigenvalue weighted by Gasteiger charge is -2.33. The standard InChI is InChI=1S/C75H119N25O16S2/c1-40(2)34-50(94-67(110)54-21-13-30-98(54)69(112)49(26-33-118-6)92-66(109)53(38-117)96-61(104)46(19-11-28-84-74(78)79)90-60(103)45(18-10-27-83-73(76)77)91-62(105)48-24-25-57(101)88-48)65(108)93-51(36-44-37-82-39-86-44)64(107)87-42(5)59(102)89-47(20-12-29-85-75(80)81)63(106)97-58(41(3)4)71(114)99-31-14-22-55(99)68(111)95-52(35-43-16-8-7-9-17-43)70(113)100-32-15-23-56(100)72(115)116/h7-9,16-17,37,39-42,45-56,58,117H,10-15,18-36,38H2,1-6H3,(H,82,86)(H,87,107)(H,88,101)(H,89,102)(H,90,103)(H,91,105)(H,92,109)(H,93,108)(H,94,110)(H,95,111)(H,96,104)(H,97,106)(H,115,116)(H4,76,77,83)(H4,78,79,84)(H4,80,81,85)/t42-,45-,46-,47-,48?,49-,50-,51-,52-,53-,54-,55-,56-,58-/m0/s1. The Morgan fingerprint density at radius 1 is 0.525 bits per heavy atom. The number of guanidine groups is 3. The number of nitrogens with two attached hydrogens (primary N) is 6. The van der Waals surface area contributed by atoms with Gasteiger partial charge in [-0.3, -0.25) is 82.1 Å². The predicted molar refractivity (Wildman–Crippen MR) is 441 cm³/mol. The number of aliphatic carboxylic acids is 1. The van der Waals surface area contributed by atoms with Gasteiger partial charge < -0.3 is 118 Å². The number of aromatic amines is 1. The fraction of sp³-hybridized carbons (Fsp3) is 0.640. The molecule has 0 saturated carbocycles. The van der Waals surface area contributed by atoms with Gasteiger partial charge >= 0.3 is 5.97 Å². The largest absolute Gasteiger partial charge is 0.480 e. The van der Waals surface area contributed by atoms with Crippen LogP contribution in [0, 0.1) is 11.8 Å². The number of carboxylic acids is 1. The van der Waals surface area contributed by atoms with Crippen LogP contribution >= 0.6 is 24.4 Å². The van der Waals surface area contributed by atoms with Crippen molar-refractivity contribution in [3.05, 3.63) is 54.1 Å². The van der Waals surface area contributed by atoms with Crippen LogP contribution in [0.5, 0.6) is 0 Å². The Balaban J connectivity index is 1.13. The van der Waals surface area contributed by atoms with Crippen LogP contribution in [0.4, 0.5) is 0 Å². The van der Waals surface area contributed by atoms with Crippen LogP contribution in [-0.4, -0.2) is 278 Å². The molecule has 4 aliphatic rings. The normalized spacial score (nSPS) is 18.9. The molecule has 118 heavy (non-hydrogen) atoms. The highest BCUT2D eigenvalue weighted by Crippen LogP contribution is 2.26. The van der Waals surface area contributed by atoms with E-state index in [1.807, 2.05) is 0 Å². The maximum absolute atomic E-state index is 14.8. The lowest BCUT2D eigenvalue weighted by molar-refractivity contribution is -0.150. The Kier molecular flexibility index (Phi) is 39.0. The summed E-state index contributed by atoms with van der Waals surface area (Å²) in [6, 6.07) is -8.74. The minimum Gasteiger partial charge on any atom is -0.480 e. The van der Waals surface area contributed by atoms with Crippen LogP contribution < -0.4 is 92.9 Å². The van der Waals surface area contributed by atoms with E-state index in [0.717, 1.165) is 0 Å². The van der Waals surface area contributed by atoms with Crippen molar-refractivity contribution in [3.8, 4) is 0 Å². The van der Waals surface area contributed by atoms with Gasteiger partial charge in [0.25, 0.3) is 0 Å². The molecule has 0 bridgehead atoms. The summed E-state index contributed by atoms with van der Waals surface area (Å²) < 4.78 is 0. The molecule has 1 aromatic carbocycles. The summed E-state index contributed by atoms with van der Waals surface area (Å²) in [4.78, 5) is 234. The molecule has 652 valence electrons. The molecule has 5 heterocycles. The van der Waals surface area contributed by atoms with Crippen molar-refractivity contribution < 1.29 is 77.0 Å². The van der Waals surface area contributed by atoms with E-state index in [-0.39, 0.29) is 171 Å². The van der Waals surface area contributed by atoms with Crippen molar-refractivity contribution in [1.29, 1.82) is 0 Å². The number of amides is 14. The van der Waals surface area contributed by atoms with Crippen LogP contribution in [0.1, 0.15) is 149 Å². The number of carbonyl (C=O) groups excluding carboxylic acids is 14. The SMILES string of the molecule is CSCC[C@H](NC(=O)[C@H](CS)NC(=O)[C@H](CCCN=C(N)N)NC(=O)[C@H](CCCN=C(N)N)NC(=O)C1CCC(=O)N1)C(=O)N1CCC[C@H]1C(=O)N[C@@H](CC(C)C)C(=O)N[C@@H](Cc1cnc[nH]1)C(=O)N[C@@H](C)C(=O)N[C@@H](CCCN=C(N)N)C(=O)N[C@H](C(=O)N1CCC[C@H]1C(=O)N[C@@H](Cc1ccccc1)C(=O)N1CCC[C@H]1C(=O)O)C(C)C. The van der Waals surface area contributed by atoms with Crippen molar-refractivity contribution in [2.45, 2.75) is 235 Å². The maximum Gasteiger partial charge on any atom is 0.326 e. The highest BCUT2D eigenvalue weighted by Gasteiger charge is 2.45. The number of carbonyl (C=O) groups is 15. The number of imidazole rings is 1. The molecule has 0 radical (unpaired) electrons. The monoisotopic (exact) mass is 1690 g/mol. The van der Waals surface area contributed by atoms with E-state index in [9.17, 15) is 77.0 Å². The van der Waals surface area contributed by atoms with Crippen molar-refractivity contribution in [2.24, 2.45) is 61.2 Å². The van der Waals surface area contributed by atoms with Crippen molar-refractivity contribution >= 4 is 131 Å². The van der Waals surface area contributed by atoms with E-state index in [0.29, 0.717) is 36.3 Å². The first-order chi connectivity index (χ1) is 56.1. The molecule has 14 amide bonds. The number of carboxylic acid groups (broad SMARTS) is 1. The van der Waals surface area contributed by atoms with E-state index >= 15 is 0 Å². The quantitative estimate of drug-likeness (QED) is 0.0128. The average molecular weight is 1690 g/mol. The second-order valence-corrected chi connectivity index (χ2v) is 31.8. The third-order valence-corrected chi connectivity index (χ3v) is 21.4. The summed E-state index contributed by atoms with van der Waals surface area (Å²) >= 11 is 5.74. The number of rotatable bonds is 47. The molecular formula is C75H119N25O16S2. The first kappa shape index (κ1) is 95.8. The van der Waals surface area contributed by atoms with Crippen LogP contribution in [-0.2, 0) is 84.8 Å². The fourth-order valence-corrected chi connectivity index (χ4v) is 14.9. The van der Waals surface area contributed by atoms with Crippen molar-refractivity contribution in [3.63, 3.8) is 0 Å². The van der Waals surface area contributed by atoms with E-state index in [2.05, 4.69) is 96.1 Å². The number of likely N-dealkylation sites (tertiary alicyclic amines) is 3. The molecule has 43 heteroatoms. The smallest absolute Gasteiger partial charge is 0.326 e. The van der Waals surface area contributed by atoms with Gasteiger partial charge in [0.1, 0.15) is 84.6 Å². The number of hydrogen-bond donors (Lipinski definition) is 20. The number of benzene rings is 1. The lowest BCUT2D eigenvalue weighted by Crippen LogP contribution is -2.61. The summed E-state index contributed by atoms with van der Waals surface area (Å²) in [5.41, 5.74) is 34.4. The number of nitrogens with one attached hydrogen (secondary N) is 12. The van der Waals surface area contributed by atoms with Gasteiger partial charge in [-0.1, -0.05) is 58.0 Å². The Hall–Kier alpha value is -11.0. The molecular weight excluding hydrogens is 1570 g/mol. The lowest BCUT2D eigenvalue weighted by atomic mass is 10.0. The van der Waals surface area contributed by atoms with Gasteiger partial charge in [-0.05, 0) is 133 Å². The number of nitrogens with zero attached hydrogens (tertiary/aromatic N) is 7. The Morgan fingerprint density at radius 3 is 1.47 bits per heavy atom. The summed E-state index contributed by atoms with van der Waals surface area (Å²) in [5.74, 6) is -12.8. The number of aliphatic imine (C=N–C) groups is 3. The number of hydrogen-bond acceptors (Lipinski definition) is 21. The third kappa shape index (κ3) is 30.2. The highest BCUT2D eigenvalue weighted by atomic mass is 32.2. The maximum atomic E-state index is 14.8. The molecule has 4 fully saturated rings. The minimum atomic E-state index is -1.46. The minimum absolute atomic E-state index is 0.00404. The zero-order valence-corrected chi connectivity index (χ0v) is 69.4. The van der Waals surface area contributed by atoms with Crippen LogP contribution in [0.3, 0.4) is 0 Å². The van der Waals surface area contributed by atoms with Gasteiger partial charge in [0.15, 0.2) is 17.9 Å².